The summed E-state index contributed by atoms with van der Waals surface area (Å²) in [6.45, 7) is 1.08. The van der Waals surface area contributed by atoms with Crippen molar-refractivity contribution in [3.8, 4) is 0 Å². The molecule has 0 amide bonds. The van der Waals surface area contributed by atoms with E-state index in [0.717, 1.165) is 24.7 Å². The molecule has 1 saturated carbocycles. The topological polar surface area (TPSA) is 51.0 Å². The molecule has 0 aromatic carbocycles. The minimum absolute atomic E-state index is 0. The van der Waals surface area contributed by atoms with E-state index < -0.39 is 0 Å². The van der Waals surface area contributed by atoms with Crippen molar-refractivity contribution < 1.29 is 4.52 Å². The van der Waals surface area contributed by atoms with Gasteiger partial charge in [-0.2, -0.15) is 4.98 Å². The fraction of sp³-hybridized carbons (Fsp3) is 0.833. The summed E-state index contributed by atoms with van der Waals surface area (Å²) in [4.78, 5) is 4.58. The molecule has 1 aromatic rings. The first-order valence-corrected chi connectivity index (χ1v) is 6.50. The van der Waals surface area contributed by atoms with Crippen LogP contribution in [-0.4, -0.2) is 16.7 Å². The number of nitrogens with one attached hydrogen (secondary N) is 1. The molecule has 2 heterocycles. The zero-order chi connectivity index (χ0) is 10.8. The Morgan fingerprint density at radius 1 is 1.06 bits per heavy atom. The quantitative estimate of drug-likeness (QED) is 0.885. The molecule has 5 heteroatoms. The minimum atomic E-state index is 0. The predicted octanol–water partition coefficient (Wildman–Crippen LogP) is 2.96. The van der Waals surface area contributed by atoms with Gasteiger partial charge < -0.3 is 9.84 Å². The molecule has 1 aliphatic carbocycles. The molecule has 0 unspecified atom stereocenters. The van der Waals surface area contributed by atoms with Crippen LogP contribution in [0.2, 0.25) is 0 Å². The Morgan fingerprint density at radius 2 is 1.82 bits per heavy atom. The molecule has 2 aliphatic rings. The highest BCUT2D eigenvalue weighted by Crippen LogP contribution is 2.33. The Labute approximate surface area is 108 Å². The molecule has 0 spiro atoms. The van der Waals surface area contributed by atoms with Gasteiger partial charge in [-0.15, -0.1) is 12.4 Å². The molecule has 2 fully saturated rings. The van der Waals surface area contributed by atoms with Gasteiger partial charge in [0.1, 0.15) is 0 Å². The molecule has 0 bridgehead atoms. The average molecular weight is 258 g/mol. The van der Waals surface area contributed by atoms with Crippen molar-refractivity contribution >= 4 is 12.4 Å². The third-order valence-electron chi connectivity index (χ3n) is 3.79. The molecule has 1 N–H and O–H groups in total. The zero-order valence-corrected chi connectivity index (χ0v) is 10.8. The Bertz CT molecular complexity index is 343. The zero-order valence-electron chi connectivity index (χ0n) is 10.0. The highest BCUT2D eigenvalue weighted by atomic mass is 35.5. The fourth-order valence-corrected chi connectivity index (χ4v) is 2.80. The number of halogens is 1. The van der Waals surface area contributed by atoms with Crippen molar-refractivity contribution in [1.82, 2.24) is 15.5 Å². The van der Waals surface area contributed by atoms with Gasteiger partial charge in [-0.3, -0.25) is 0 Å². The molecular formula is C12H20ClN3O. The maximum absolute atomic E-state index is 5.39. The lowest BCUT2D eigenvalue weighted by Crippen LogP contribution is -2.27. The number of nitrogens with zero attached hydrogens (tertiary/aromatic N) is 2. The van der Waals surface area contributed by atoms with E-state index in [1.54, 1.807) is 0 Å². The molecule has 1 atom stereocenters. The fourth-order valence-electron chi connectivity index (χ4n) is 2.80. The van der Waals surface area contributed by atoms with Crippen LogP contribution in [0.4, 0.5) is 0 Å². The molecule has 0 radical (unpaired) electrons. The SMILES string of the molecule is C1CC[C@H](c2nc(C3CCCC3)no2)NC1.Cl. The third-order valence-corrected chi connectivity index (χ3v) is 3.79. The molecule has 4 nitrogen and oxygen atoms in total. The van der Waals surface area contributed by atoms with E-state index in [2.05, 4.69) is 15.5 Å². The summed E-state index contributed by atoms with van der Waals surface area (Å²) in [6.07, 6.45) is 8.76. The molecule has 96 valence electrons. The maximum atomic E-state index is 5.39. The average Bonchev–Trinajstić information content (AvgIpc) is 3.01. The van der Waals surface area contributed by atoms with E-state index in [4.69, 9.17) is 4.52 Å². The first-order valence-electron chi connectivity index (χ1n) is 6.50. The molecule has 1 saturated heterocycles. The second-order valence-corrected chi connectivity index (χ2v) is 4.97. The highest BCUT2D eigenvalue weighted by molar-refractivity contribution is 5.85. The lowest BCUT2D eigenvalue weighted by Gasteiger charge is -2.19. The molecule has 1 aromatic heterocycles. The van der Waals surface area contributed by atoms with Crippen molar-refractivity contribution in [1.29, 1.82) is 0 Å². The van der Waals surface area contributed by atoms with Gasteiger partial charge in [0.25, 0.3) is 0 Å². The summed E-state index contributed by atoms with van der Waals surface area (Å²) in [6, 6.07) is 0.302. The van der Waals surface area contributed by atoms with Crippen LogP contribution in [-0.2, 0) is 0 Å². The summed E-state index contributed by atoms with van der Waals surface area (Å²) in [5.74, 6) is 2.31. The van der Waals surface area contributed by atoms with E-state index in [-0.39, 0.29) is 12.4 Å². The van der Waals surface area contributed by atoms with Gasteiger partial charge in [0.2, 0.25) is 5.89 Å². The van der Waals surface area contributed by atoms with E-state index in [0.29, 0.717) is 12.0 Å². The lowest BCUT2D eigenvalue weighted by molar-refractivity contribution is 0.295. The van der Waals surface area contributed by atoms with Crippen LogP contribution in [0.5, 0.6) is 0 Å². The number of hydrogen-bond acceptors (Lipinski definition) is 4. The standard InChI is InChI=1S/C12H19N3O.ClH/c1-2-6-9(5-1)11-14-12(16-15-11)10-7-3-4-8-13-10;/h9-10,13H,1-8H2;1H/t10-;/m1./s1. The lowest BCUT2D eigenvalue weighted by atomic mass is 10.0. The molecule has 17 heavy (non-hydrogen) atoms. The largest absolute Gasteiger partial charge is 0.338 e. The normalized spacial score (nSPS) is 25.8. The number of rotatable bonds is 2. The minimum Gasteiger partial charge on any atom is -0.338 e. The van der Waals surface area contributed by atoms with Crippen LogP contribution < -0.4 is 5.32 Å². The van der Waals surface area contributed by atoms with E-state index in [1.165, 1.54) is 38.5 Å². The van der Waals surface area contributed by atoms with Crippen molar-refractivity contribution in [2.45, 2.75) is 56.9 Å². The molecule has 3 rings (SSSR count). The number of piperidine rings is 1. The van der Waals surface area contributed by atoms with Gasteiger partial charge in [-0.1, -0.05) is 24.4 Å². The van der Waals surface area contributed by atoms with Gasteiger partial charge in [0.15, 0.2) is 5.82 Å². The Hall–Kier alpha value is -0.610. The van der Waals surface area contributed by atoms with Gasteiger partial charge in [-0.25, -0.2) is 0 Å². The van der Waals surface area contributed by atoms with Crippen molar-refractivity contribution in [2.24, 2.45) is 0 Å². The van der Waals surface area contributed by atoms with Gasteiger partial charge in [-0.05, 0) is 32.2 Å². The maximum Gasteiger partial charge on any atom is 0.243 e. The third kappa shape index (κ3) is 2.80. The van der Waals surface area contributed by atoms with Crippen LogP contribution in [0.1, 0.15) is 68.6 Å². The van der Waals surface area contributed by atoms with Crippen LogP contribution in [0.25, 0.3) is 0 Å². The Morgan fingerprint density at radius 3 is 2.53 bits per heavy atom. The van der Waals surface area contributed by atoms with E-state index in [9.17, 15) is 0 Å². The Kier molecular flexibility index (Phi) is 4.40. The van der Waals surface area contributed by atoms with Gasteiger partial charge in [0.05, 0.1) is 6.04 Å². The molecule has 1 aliphatic heterocycles. The smallest absolute Gasteiger partial charge is 0.243 e. The second kappa shape index (κ2) is 5.83. The number of hydrogen-bond donors (Lipinski definition) is 1. The van der Waals surface area contributed by atoms with Crippen molar-refractivity contribution in [3.05, 3.63) is 11.7 Å². The second-order valence-electron chi connectivity index (χ2n) is 4.97. The van der Waals surface area contributed by atoms with Crippen LogP contribution in [0.15, 0.2) is 4.52 Å². The first-order chi connectivity index (χ1) is 7.93. The summed E-state index contributed by atoms with van der Waals surface area (Å²) in [7, 11) is 0. The van der Waals surface area contributed by atoms with Gasteiger partial charge in [0, 0.05) is 5.92 Å². The summed E-state index contributed by atoms with van der Waals surface area (Å²) >= 11 is 0. The highest BCUT2D eigenvalue weighted by Gasteiger charge is 2.25. The Balaban J connectivity index is 0.00000108. The first kappa shape index (κ1) is 12.8. The summed E-state index contributed by atoms with van der Waals surface area (Å²) in [5, 5.41) is 7.59. The van der Waals surface area contributed by atoms with Crippen molar-refractivity contribution in [3.63, 3.8) is 0 Å². The number of aromatic nitrogens is 2. The summed E-state index contributed by atoms with van der Waals surface area (Å²) < 4.78 is 5.39. The van der Waals surface area contributed by atoms with Crippen LogP contribution in [0, 0.1) is 0 Å². The van der Waals surface area contributed by atoms with Crippen LogP contribution in [0.3, 0.4) is 0 Å². The summed E-state index contributed by atoms with van der Waals surface area (Å²) in [5.41, 5.74) is 0. The van der Waals surface area contributed by atoms with E-state index >= 15 is 0 Å². The van der Waals surface area contributed by atoms with Gasteiger partial charge >= 0.3 is 0 Å². The van der Waals surface area contributed by atoms with Crippen molar-refractivity contribution in [2.75, 3.05) is 6.54 Å². The predicted molar refractivity (Wildman–Crippen MR) is 67.3 cm³/mol. The van der Waals surface area contributed by atoms with Crippen LogP contribution >= 0.6 is 12.4 Å². The molecular weight excluding hydrogens is 238 g/mol. The monoisotopic (exact) mass is 257 g/mol. The van der Waals surface area contributed by atoms with E-state index in [1.807, 2.05) is 0 Å².